The molecule has 2 N–H and O–H groups in total. The number of fused-ring (bicyclic) bond motifs is 9. The molecule has 6 rings (SSSR count). The van der Waals surface area contributed by atoms with E-state index in [1.165, 1.54) is 21.0 Å². The minimum Gasteiger partial charge on any atom is -0.504 e. The molecule has 48 heavy (non-hydrogen) atoms. The number of nitriles is 1. The van der Waals surface area contributed by atoms with Crippen LogP contribution >= 0.6 is 11.8 Å². The summed E-state index contributed by atoms with van der Waals surface area (Å²) in [4.78, 5) is 40.7. The minimum atomic E-state index is -0.704. The molecule has 2 aromatic rings. The van der Waals surface area contributed by atoms with Crippen molar-refractivity contribution in [2.24, 2.45) is 0 Å². The van der Waals surface area contributed by atoms with Gasteiger partial charge in [-0.25, -0.2) is 0 Å². The quantitative estimate of drug-likeness (QED) is 0.226. The van der Waals surface area contributed by atoms with Gasteiger partial charge in [-0.05, 0) is 45.4 Å². The Balaban J connectivity index is 1.68. The molecule has 0 radical (unpaired) electrons. The van der Waals surface area contributed by atoms with Crippen LogP contribution in [0.2, 0.25) is 0 Å². The van der Waals surface area contributed by atoms with E-state index in [-0.39, 0.29) is 37.1 Å². The standard InChI is InChI=1S/C34H40N4O9S/c1-15-8-20-9-21-22(10-35)38-23(11-44-13-39)25-26(31(47-19(5)41)17(3)32-33(25)46-14-45-32)34(48-12-16(2)36-18(4)40)28(38)27(37(21)6)24(20)29(42)30(15)43-7/h8,13,16,21-23,27-28,34,42H,9,11-12,14H2,1-7H3,(H,36,40)/t16-,21+,22+,23+,27+,28?,34-/m1/s1. The van der Waals surface area contributed by atoms with E-state index in [0.29, 0.717) is 63.9 Å². The van der Waals surface area contributed by atoms with Gasteiger partial charge >= 0.3 is 5.97 Å². The van der Waals surface area contributed by atoms with Gasteiger partial charge in [0.25, 0.3) is 6.47 Å². The van der Waals surface area contributed by atoms with Crippen molar-refractivity contribution in [3.63, 3.8) is 0 Å². The molecule has 1 amide bonds. The van der Waals surface area contributed by atoms with E-state index in [2.05, 4.69) is 21.2 Å². The van der Waals surface area contributed by atoms with Crippen LogP contribution in [0, 0.1) is 25.2 Å². The van der Waals surface area contributed by atoms with Crippen molar-refractivity contribution >= 4 is 30.1 Å². The number of benzene rings is 2. The summed E-state index contributed by atoms with van der Waals surface area (Å²) in [7, 11) is 3.48. The number of aryl methyl sites for hydroxylation is 1. The number of nitrogens with one attached hydrogen (secondary N) is 1. The number of rotatable bonds is 9. The molecule has 0 spiro atoms. The fourth-order valence-electron chi connectivity index (χ4n) is 8.20. The number of hydrogen-bond acceptors (Lipinski definition) is 13. The van der Waals surface area contributed by atoms with Gasteiger partial charge in [-0.3, -0.25) is 24.2 Å². The average Bonchev–Trinajstić information content (AvgIpc) is 3.51. The summed E-state index contributed by atoms with van der Waals surface area (Å²) in [5.74, 6) is 1.33. The number of piperazine rings is 1. The molecule has 4 heterocycles. The number of methoxy groups -OCH3 is 1. The van der Waals surface area contributed by atoms with Crippen molar-refractivity contribution in [1.82, 2.24) is 15.1 Å². The lowest BCUT2D eigenvalue weighted by atomic mass is 9.71. The summed E-state index contributed by atoms with van der Waals surface area (Å²) in [5, 5.41) is 25.2. The third kappa shape index (κ3) is 5.28. The van der Waals surface area contributed by atoms with Gasteiger partial charge in [0.15, 0.2) is 23.0 Å². The van der Waals surface area contributed by atoms with Crippen molar-refractivity contribution in [2.45, 2.75) is 82.5 Å². The number of aromatic hydroxyl groups is 1. The number of thioether (sulfide) groups is 1. The van der Waals surface area contributed by atoms with Crippen molar-refractivity contribution in [1.29, 1.82) is 5.26 Å². The Morgan fingerprint density at radius 1 is 1.21 bits per heavy atom. The molecule has 1 saturated heterocycles. The van der Waals surface area contributed by atoms with Crippen LogP contribution in [0.15, 0.2) is 6.07 Å². The molecule has 2 aromatic carbocycles. The molecule has 7 atom stereocenters. The van der Waals surface area contributed by atoms with Crippen LogP contribution in [0.4, 0.5) is 0 Å². The third-order valence-electron chi connectivity index (χ3n) is 9.85. The predicted molar refractivity (Wildman–Crippen MR) is 174 cm³/mol. The first-order valence-corrected chi connectivity index (χ1v) is 16.9. The number of ether oxygens (including phenoxy) is 5. The SMILES string of the molecule is COc1c(C)cc2c(c1O)[C@H]1C3[C@H](SC[C@@H](C)NC(C)=O)c4c(OC(C)=O)c(C)c5c(c4[C@H](COC=O)N3[C@@H](C#N)[C@H](C2)N1C)OCO5. The Bertz CT molecular complexity index is 1710. The van der Waals surface area contributed by atoms with E-state index in [4.69, 9.17) is 23.7 Å². The highest BCUT2D eigenvalue weighted by Crippen LogP contribution is 2.63. The first-order chi connectivity index (χ1) is 22.9. The molecule has 0 aliphatic carbocycles. The van der Waals surface area contributed by atoms with Gasteiger partial charge in [-0.1, -0.05) is 6.07 Å². The fourth-order valence-corrected chi connectivity index (χ4v) is 9.67. The smallest absolute Gasteiger partial charge is 0.308 e. The second-order valence-corrected chi connectivity index (χ2v) is 14.0. The lowest BCUT2D eigenvalue weighted by Gasteiger charge is -2.61. The van der Waals surface area contributed by atoms with Crippen molar-refractivity contribution in [2.75, 3.05) is 33.3 Å². The van der Waals surface area contributed by atoms with Gasteiger partial charge in [-0.2, -0.15) is 5.26 Å². The van der Waals surface area contributed by atoms with Crippen LogP contribution in [0.5, 0.6) is 28.7 Å². The van der Waals surface area contributed by atoms with Gasteiger partial charge < -0.3 is 34.1 Å². The monoisotopic (exact) mass is 680 g/mol. The van der Waals surface area contributed by atoms with Crippen LogP contribution in [0.25, 0.3) is 0 Å². The van der Waals surface area contributed by atoms with E-state index in [0.717, 1.165) is 11.1 Å². The van der Waals surface area contributed by atoms with Crippen molar-refractivity contribution in [3.05, 3.63) is 39.4 Å². The lowest BCUT2D eigenvalue weighted by molar-refractivity contribution is -0.134. The summed E-state index contributed by atoms with van der Waals surface area (Å²) >= 11 is 1.55. The molecule has 13 nitrogen and oxygen atoms in total. The van der Waals surface area contributed by atoms with Crippen LogP contribution < -0.4 is 24.3 Å². The Labute approximate surface area is 283 Å². The second kappa shape index (κ2) is 13.0. The number of carbonyl (C=O) groups is 3. The number of phenolic OH excluding ortho intramolecular Hbond substituents is 1. The van der Waals surface area contributed by atoms with Crippen LogP contribution in [0.1, 0.15) is 71.5 Å². The van der Waals surface area contributed by atoms with E-state index in [9.17, 15) is 24.8 Å². The molecule has 256 valence electrons. The zero-order valence-electron chi connectivity index (χ0n) is 28.0. The van der Waals surface area contributed by atoms with E-state index in [1.54, 1.807) is 18.7 Å². The van der Waals surface area contributed by atoms with Crippen LogP contribution in [-0.2, 0) is 25.5 Å². The van der Waals surface area contributed by atoms with Crippen molar-refractivity contribution in [3.8, 4) is 34.8 Å². The van der Waals surface area contributed by atoms with E-state index < -0.39 is 35.4 Å². The zero-order valence-corrected chi connectivity index (χ0v) is 28.8. The molecule has 0 saturated carbocycles. The Hall–Kier alpha value is -4.19. The number of esters is 1. The van der Waals surface area contributed by atoms with Crippen molar-refractivity contribution < 1.29 is 43.2 Å². The number of likely N-dealkylation sites (N-methyl/N-ethyl adjacent to an activating group) is 1. The van der Waals surface area contributed by atoms with Gasteiger partial charge in [0.05, 0.1) is 30.5 Å². The Kier molecular flexibility index (Phi) is 9.14. The molecule has 4 aliphatic heterocycles. The number of carbonyl (C=O) groups excluding carboxylic acids is 3. The molecule has 0 aromatic heterocycles. The topological polar surface area (TPSA) is 160 Å². The predicted octanol–water partition coefficient (Wildman–Crippen LogP) is 3.37. The summed E-state index contributed by atoms with van der Waals surface area (Å²) in [6.07, 6.45) is 0.484. The maximum absolute atomic E-state index is 12.7. The highest BCUT2D eigenvalue weighted by Gasteiger charge is 2.60. The second-order valence-electron chi connectivity index (χ2n) is 12.8. The van der Waals surface area contributed by atoms with Gasteiger partial charge in [0.1, 0.15) is 18.4 Å². The third-order valence-corrected chi connectivity index (χ3v) is 11.4. The first-order valence-electron chi connectivity index (χ1n) is 15.8. The van der Waals surface area contributed by atoms with Crippen LogP contribution in [-0.4, -0.2) is 90.7 Å². The number of hydrogen-bond donors (Lipinski definition) is 2. The fraction of sp³-hybridized carbons (Fsp3) is 0.529. The summed E-state index contributed by atoms with van der Waals surface area (Å²) in [6.45, 7) is 8.56. The van der Waals surface area contributed by atoms with Gasteiger partial charge in [0, 0.05) is 60.0 Å². The first kappa shape index (κ1) is 33.7. The zero-order chi connectivity index (χ0) is 34.6. The Morgan fingerprint density at radius 3 is 2.58 bits per heavy atom. The molecular weight excluding hydrogens is 640 g/mol. The molecule has 1 unspecified atom stereocenters. The average molecular weight is 681 g/mol. The summed E-state index contributed by atoms with van der Waals surface area (Å²) < 4.78 is 29.2. The normalized spacial score (nSPS) is 25.9. The van der Waals surface area contributed by atoms with Crippen LogP contribution in [0.3, 0.4) is 0 Å². The molecule has 1 fully saturated rings. The summed E-state index contributed by atoms with van der Waals surface area (Å²) in [6, 6.07) is 1.67. The lowest BCUT2D eigenvalue weighted by Crippen LogP contribution is -2.69. The summed E-state index contributed by atoms with van der Waals surface area (Å²) in [5.41, 5.74) is 4.23. The maximum atomic E-state index is 12.7. The van der Waals surface area contributed by atoms with Gasteiger partial charge in [-0.15, -0.1) is 11.8 Å². The Morgan fingerprint density at radius 2 is 1.94 bits per heavy atom. The number of nitrogens with zero attached hydrogens (tertiary/aromatic N) is 3. The molecule has 4 aliphatic rings. The minimum absolute atomic E-state index is 0.0297. The maximum Gasteiger partial charge on any atom is 0.308 e. The molecule has 2 bridgehead atoms. The number of amides is 1. The largest absolute Gasteiger partial charge is 0.504 e. The highest BCUT2D eigenvalue weighted by molar-refractivity contribution is 7.99. The van der Waals surface area contributed by atoms with E-state index >= 15 is 0 Å². The highest BCUT2D eigenvalue weighted by atomic mass is 32.2. The van der Waals surface area contributed by atoms with E-state index in [1.807, 2.05) is 27.0 Å². The van der Waals surface area contributed by atoms with Gasteiger partial charge in [0.2, 0.25) is 12.7 Å². The molecule has 14 heteroatoms. The number of phenols is 1. The molecular formula is C34H40N4O9S.